The van der Waals surface area contributed by atoms with Crippen LogP contribution in [0.4, 0.5) is 4.39 Å². The second kappa shape index (κ2) is 7.86. The molecule has 0 aliphatic carbocycles. The molecule has 3 rings (SSSR count). The van der Waals surface area contributed by atoms with Gasteiger partial charge in [0.15, 0.2) is 11.6 Å². The third kappa shape index (κ3) is 4.05. The summed E-state index contributed by atoms with van der Waals surface area (Å²) in [5.74, 6) is 0.423. The molecule has 1 amide bonds. The van der Waals surface area contributed by atoms with Crippen LogP contribution in [0.1, 0.15) is 16.2 Å². The lowest BCUT2D eigenvalue weighted by Gasteiger charge is -2.15. The average Bonchev–Trinajstić information content (AvgIpc) is 3.15. The van der Waals surface area contributed by atoms with Gasteiger partial charge in [0.25, 0.3) is 5.91 Å². The molecular formula is C19H18FN3O4. The number of hydrogen-bond donors (Lipinski definition) is 0. The highest BCUT2D eigenvalue weighted by Gasteiger charge is 2.18. The van der Waals surface area contributed by atoms with Crippen molar-refractivity contribution in [2.45, 2.75) is 6.54 Å². The maximum absolute atomic E-state index is 13.8. The molecule has 7 nitrogen and oxygen atoms in total. The molecule has 0 spiro atoms. The summed E-state index contributed by atoms with van der Waals surface area (Å²) >= 11 is 0. The predicted molar refractivity (Wildman–Crippen MR) is 95.0 cm³/mol. The zero-order valence-corrected chi connectivity index (χ0v) is 15.1. The lowest BCUT2D eigenvalue weighted by atomic mass is 10.2. The molecule has 3 aromatic rings. The number of rotatable bonds is 6. The first-order valence-corrected chi connectivity index (χ1v) is 8.08. The van der Waals surface area contributed by atoms with E-state index in [9.17, 15) is 9.18 Å². The van der Waals surface area contributed by atoms with E-state index in [2.05, 4.69) is 10.1 Å². The number of aromatic nitrogens is 2. The van der Waals surface area contributed by atoms with Crippen LogP contribution in [0.3, 0.4) is 0 Å². The Morgan fingerprint density at radius 1 is 1.19 bits per heavy atom. The van der Waals surface area contributed by atoms with Gasteiger partial charge >= 0.3 is 0 Å². The third-order valence-electron chi connectivity index (χ3n) is 3.91. The largest absolute Gasteiger partial charge is 0.497 e. The topological polar surface area (TPSA) is 77.7 Å². The van der Waals surface area contributed by atoms with Gasteiger partial charge in [0.1, 0.15) is 5.75 Å². The maximum Gasteiger partial charge on any atom is 0.254 e. The Hall–Kier alpha value is -3.42. The minimum absolute atomic E-state index is 0.0778. The van der Waals surface area contributed by atoms with E-state index in [4.69, 9.17) is 14.0 Å². The van der Waals surface area contributed by atoms with Crippen molar-refractivity contribution in [3.05, 3.63) is 59.7 Å². The zero-order valence-electron chi connectivity index (χ0n) is 15.1. The highest BCUT2D eigenvalue weighted by atomic mass is 19.1. The van der Waals surface area contributed by atoms with E-state index >= 15 is 0 Å². The predicted octanol–water partition coefficient (Wildman–Crippen LogP) is 3.17. The van der Waals surface area contributed by atoms with Gasteiger partial charge in [-0.3, -0.25) is 4.79 Å². The molecule has 2 aromatic carbocycles. The van der Waals surface area contributed by atoms with Crippen LogP contribution in [-0.4, -0.2) is 42.2 Å². The third-order valence-corrected chi connectivity index (χ3v) is 3.91. The van der Waals surface area contributed by atoms with Crippen molar-refractivity contribution in [1.82, 2.24) is 15.0 Å². The minimum atomic E-state index is -0.602. The number of hydrogen-bond acceptors (Lipinski definition) is 6. The molecule has 0 fully saturated rings. The summed E-state index contributed by atoms with van der Waals surface area (Å²) in [7, 11) is 4.50. The van der Waals surface area contributed by atoms with Crippen molar-refractivity contribution in [2.24, 2.45) is 0 Å². The van der Waals surface area contributed by atoms with Crippen molar-refractivity contribution in [3.63, 3.8) is 0 Å². The Bertz CT molecular complexity index is 958. The lowest BCUT2D eigenvalue weighted by molar-refractivity contribution is 0.0769. The van der Waals surface area contributed by atoms with Gasteiger partial charge < -0.3 is 18.9 Å². The van der Waals surface area contributed by atoms with Gasteiger partial charge in [-0.25, -0.2) is 4.39 Å². The smallest absolute Gasteiger partial charge is 0.254 e. The van der Waals surface area contributed by atoms with E-state index < -0.39 is 5.82 Å². The standard InChI is InChI=1S/C19H18FN3O4/c1-23(19(24)13-7-8-16(26-3)15(20)10-13)11-17-21-18(22-27-17)12-5-4-6-14(9-12)25-2/h4-10H,11H2,1-3H3. The number of nitrogens with zero attached hydrogens (tertiary/aromatic N) is 3. The Balaban J connectivity index is 1.72. The molecule has 0 N–H and O–H groups in total. The fourth-order valence-electron chi connectivity index (χ4n) is 2.49. The van der Waals surface area contributed by atoms with Gasteiger partial charge in [0.2, 0.25) is 11.7 Å². The van der Waals surface area contributed by atoms with Crippen LogP contribution in [0.15, 0.2) is 47.0 Å². The minimum Gasteiger partial charge on any atom is -0.497 e. The quantitative estimate of drug-likeness (QED) is 0.662. The second-order valence-corrected chi connectivity index (χ2v) is 5.75. The number of carbonyl (C=O) groups is 1. The van der Waals surface area contributed by atoms with E-state index in [1.807, 2.05) is 18.2 Å². The summed E-state index contributed by atoms with van der Waals surface area (Å²) in [6.07, 6.45) is 0. The van der Waals surface area contributed by atoms with Crippen molar-refractivity contribution in [1.29, 1.82) is 0 Å². The van der Waals surface area contributed by atoms with E-state index in [1.54, 1.807) is 20.2 Å². The first kappa shape index (κ1) is 18.4. The van der Waals surface area contributed by atoms with E-state index in [0.717, 1.165) is 11.6 Å². The SMILES string of the molecule is COc1cccc(-c2noc(CN(C)C(=O)c3ccc(OC)c(F)c3)n2)c1. The molecule has 0 bridgehead atoms. The normalized spacial score (nSPS) is 10.5. The Morgan fingerprint density at radius 2 is 2.00 bits per heavy atom. The van der Waals surface area contributed by atoms with Crippen molar-refractivity contribution in [2.75, 3.05) is 21.3 Å². The number of carbonyl (C=O) groups excluding carboxylic acids is 1. The van der Waals surface area contributed by atoms with Crippen LogP contribution in [0, 0.1) is 5.82 Å². The van der Waals surface area contributed by atoms with Gasteiger partial charge in [-0.1, -0.05) is 17.3 Å². The Labute approximate surface area is 155 Å². The highest BCUT2D eigenvalue weighted by Crippen LogP contribution is 2.22. The molecule has 0 unspecified atom stereocenters. The molecule has 8 heteroatoms. The van der Waals surface area contributed by atoms with Crippen LogP contribution in [0.2, 0.25) is 0 Å². The Kier molecular flexibility index (Phi) is 5.35. The van der Waals surface area contributed by atoms with Crippen LogP contribution in [-0.2, 0) is 6.54 Å². The number of amides is 1. The number of ether oxygens (including phenoxy) is 2. The number of methoxy groups -OCH3 is 2. The summed E-state index contributed by atoms with van der Waals surface area (Å²) in [6.45, 7) is 0.0868. The first-order chi connectivity index (χ1) is 13.0. The molecule has 0 aliphatic rings. The molecular weight excluding hydrogens is 353 g/mol. The van der Waals surface area contributed by atoms with Gasteiger partial charge in [-0.15, -0.1) is 0 Å². The van der Waals surface area contributed by atoms with Crippen molar-refractivity contribution >= 4 is 5.91 Å². The lowest BCUT2D eigenvalue weighted by Crippen LogP contribution is -2.26. The summed E-state index contributed by atoms with van der Waals surface area (Å²) < 4.78 is 29.1. The highest BCUT2D eigenvalue weighted by molar-refractivity contribution is 5.94. The van der Waals surface area contributed by atoms with Gasteiger partial charge in [0, 0.05) is 18.2 Å². The molecule has 27 heavy (non-hydrogen) atoms. The van der Waals surface area contributed by atoms with Crippen molar-refractivity contribution < 1.29 is 23.2 Å². The molecule has 0 saturated heterocycles. The summed E-state index contributed by atoms with van der Waals surface area (Å²) in [5, 5.41) is 3.93. The molecule has 1 aromatic heterocycles. The molecule has 0 aliphatic heterocycles. The summed E-state index contributed by atoms with van der Waals surface area (Å²) in [6, 6.07) is 11.3. The summed E-state index contributed by atoms with van der Waals surface area (Å²) in [5.41, 5.74) is 0.930. The average molecular weight is 371 g/mol. The van der Waals surface area contributed by atoms with Gasteiger partial charge in [-0.2, -0.15) is 4.98 Å². The fraction of sp³-hybridized carbons (Fsp3) is 0.211. The fourth-order valence-corrected chi connectivity index (χ4v) is 2.49. The van der Waals surface area contributed by atoms with Crippen LogP contribution < -0.4 is 9.47 Å². The Morgan fingerprint density at radius 3 is 2.70 bits per heavy atom. The molecule has 1 heterocycles. The van der Waals surface area contributed by atoms with Crippen molar-refractivity contribution in [3.8, 4) is 22.9 Å². The van der Waals surface area contributed by atoms with Gasteiger partial charge in [0.05, 0.1) is 20.8 Å². The van der Waals surface area contributed by atoms with Crippen LogP contribution in [0.5, 0.6) is 11.5 Å². The van der Waals surface area contributed by atoms with E-state index in [0.29, 0.717) is 11.6 Å². The molecule has 0 radical (unpaired) electrons. The number of halogens is 1. The monoisotopic (exact) mass is 371 g/mol. The summed E-state index contributed by atoms with van der Waals surface area (Å²) in [4.78, 5) is 18.1. The van der Waals surface area contributed by atoms with E-state index in [1.165, 1.54) is 24.1 Å². The number of benzene rings is 2. The van der Waals surface area contributed by atoms with E-state index in [-0.39, 0.29) is 29.7 Å². The molecule has 0 atom stereocenters. The maximum atomic E-state index is 13.8. The zero-order chi connectivity index (χ0) is 19.4. The second-order valence-electron chi connectivity index (χ2n) is 5.75. The van der Waals surface area contributed by atoms with Gasteiger partial charge in [-0.05, 0) is 30.3 Å². The van der Waals surface area contributed by atoms with Crippen LogP contribution >= 0.6 is 0 Å². The molecule has 140 valence electrons. The first-order valence-electron chi connectivity index (χ1n) is 8.08. The molecule has 0 saturated carbocycles. The van der Waals surface area contributed by atoms with Crippen LogP contribution in [0.25, 0.3) is 11.4 Å².